The molecule has 0 saturated carbocycles. The lowest BCUT2D eigenvalue weighted by Crippen LogP contribution is -2.09. The Balaban J connectivity index is 2.21. The molecule has 0 aromatic rings. The molecule has 0 unspecified atom stereocenters. The Labute approximate surface area is 104 Å². The highest BCUT2D eigenvalue weighted by Gasteiger charge is 2.18. The molecule has 15 heavy (non-hydrogen) atoms. The molecule has 2 aliphatic rings. The minimum Gasteiger partial charge on any atom is -0.289 e. The number of allylic oxidation sites excluding steroid dienone is 8. The molecular formula is C13H13IO. The third-order valence-electron chi connectivity index (χ3n) is 2.65. The van der Waals surface area contributed by atoms with Gasteiger partial charge >= 0.3 is 0 Å². The second-order valence-electron chi connectivity index (χ2n) is 3.74. The highest BCUT2D eigenvalue weighted by molar-refractivity contribution is 14.1. The summed E-state index contributed by atoms with van der Waals surface area (Å²) in [6.07, 6.45) is 14.2. The zero-order chi connectivity index (χ0) is 10.7. The van der Waals surface area contributed by atoms with Gasteiger partial charge in [-0.15, -0.1) is 0 Å². The first kappa shape index (κ1) is 10.9. The van der Waals surface area contributed by atoms with Crippen LogP contribution in [0.5, 0.6) is 0 Å². The number of ketones is 1. The van der Waals surface area contributed by atoms with E-state index in [2.05, 4.69) is 40.8 Å². The summed E-state index contributed by atoms with van der Waals surface area (Å²) in [7, 11) is 0. The standard InChI is InChI=1S/C13H13IO/c14-12-9-5-4-8-11(12)13(15)10-6-2-1-3-7-10/h1-2,6,8-9H,3-5,7H2. The molecule has 0 aromatic carbocycles. The number of hydrogen-bond donors (Lipinski definition) is 0. The third kappa shape index (κ3) is 2.48. The van der Waals surface area contributed by atoms with Crippen LogP contribution in [-0.4, -0.2) is 5.78 Å². The van der Waals surface area contributed by atoms with Crippen LogP contribution < -0.4 is 0 Å². The number of hydrogen-bond acceptors (Lipinski definition) is 1. The lowest BCUT2D eigenvalue weighted by Gasteiger charge is -2.13. The van der Waals surface area contributed by atoms with E-state index < -0.39 is 0 Å². The van der Waals surface area contributed by atoms with E-state index in [1.54, 1.807) is 0 Å². The number of halogens is 1. The normalized spacial score (nSPS) is 20.5. The van der Waals surface area contributed by atoms with Crippen molar-refractivity contribution >= 4 is 28.4 Å². The van der Waals surface area contributed by atoms with Crippen molar-refractivity contribution in [1.29, 1.82) is 0 Å². The Bertz CT molecular complexity index is 397. The fraction of sp³-hybridized carbons (Fsp3) is 0.308. The molecule has 0 aliphatic heterocycles. The van der Waals surface area contributed by atoms with Crippen molar-refractivity contribution in [2.45, 2.75) is 25.7 Å². The van der Waals surface area contributed by atoms with Crippen LogP contribution in [-0.2, 0) is 4.79 Å². The van der Waals surface area contributed by atoms with Crippen LogP contribution >= 0.6 is 22.6 Å². The van der Waals surface area contributed by atoms with E-state index in [4.69, 9.17) is 0 Å². The molecule has 0 heterocycles. The molecule has 0 aromatic heterocycles. The SMILES string of the molecule is O=C(C1=CC=CCC1)C1=CCCC=C1I. The summed E-state index contributed by atoms with van der Waals surface area (Å²) in [4.78, 5) is 12.1. The molecule has 0 bridgehead atoms. The summed E-state index contributed by atoms with van der Waals surface area (Å²) < 4.78 is 1.11. The first-order valence-corrected chi connectivity index (χ1v) is 6.33. The Morgan fingerprint density at radius 1 is 1.20 bits per heavy atom. The molecule has 0 atom stereocenters. The van der Waals surface area contributed by atoms with Crippen molar-refractivity contribution in [3.05, 3.63) is 45.1 Å². The summed E-state index contributed by atoms with van der Waals surface area (Å²) in [5.74, 6) is 0.222. The molecule has 2 aliphatic carbocycles. The van der Waals surface area contributed by atoms with Crippen molar-refractivity contribution in [1.82, 2.24) is 0 Å². The van der Waals surface area contributed by atoms with Crippen LogP contribution in [0, 0.1) is 0 Å². The highest BCUT2D eigenvalue weighted by Crippen LogP contribution is 2.28. The lowest BCUT2D eigenvalue weighted by molar-refractivity contribution is -0.112. The lowest BCUT2D eigenvalue weighted by atomic mass is 9.93. The summed E-state index contributed by atoms with van der Waals surface area (Å²) in [5.41, 5.74) is 1.86. The van der Waals surface area contributed by atoms with Crippen molar-refractivity contribution in [2.24, 2.45) is 0 Å². The molecule has 0 radical (unpaired) electrons. The van der Waals surface area contributed by atoms with E-state index in [0.29, 0.717) is 0 Å². The van der Waals surface area contributed by atoms with Crippen LogP contribution in [0.15, 0.2) is 45.1 Å². The van der Waals surface area contributed by atoms with Crippen LogP contribution in [0.3, 0.4) is 0 Å². The fourth-order valence-corrected chi connectivity index (χ4v) is 2.59. The molecule has 0 amide bonds. The molecule has 0 saturated heterocycles. The zero-order valence-corrected chi connectivity index (χ0v) is 10.7. The second kappa shape index (κ2) is 4.92. The molecule has 78 valence electrons. The van der Waals surface area contributed by atoms with Gasteiger partial charge in [-0.2, -0.15) is 0 Å². The summed E-state index contributed by atoms with van der Waals surface area (Å²) in [6, 6.07) is 0. The van der Waals surface area contributed by atoms with Gasteiger partial charge in [0.1, 0.15) is 0 Å². The van der Waals surface area contributed by atoms with Gasteiger partial charge in [0.25, 0.3) is 0 Å². The first-order valence-electron chi connectivity index (χ1n) is 5.25. The number of carbonyl (C=O) groups is 1. The van der Waals surface area contributed by atoms with Gasteiger partial charge in [0, 0.05) is 14.7 Å². The quantitative estimate of drug-likeness (QED) is 0.707. The Morgan fingerprint density at radius 3 is 2.67 bits per heavy atom. The van der Waals surface area contributed by atoms with Gasteiger partial charge in [-0.1, -0.05) is 30.4 Å². The van der Waals surface area contributed by atoms with Gasteiger partial charge in [0.15, 0.2) is 5.78 Å². The maximum Gasteiger partial charge on any atom is 0.189 e. The van der Waals surface area contributed by atoms with Gasteiger partial charge in [-0.3, -0.25) is 4.79 Å². The molecule has 1 nitrogen and oxygen atoms in total. The van der Waals surface area contributed by atoms with Gasteiger partial charge in [-0.05, 0) is 48.3 Å². The van der Waals surface area contributed by atoms with E-state index in [1.165, 1.54) is 0 Å². The van der Waals surface area contributed by atoms with Crippen molar-refractivity contribution in [3.63, 3.8) is 0 Å². The van der Waals surface area contributed by atoms with E-state index in [9.17, 15) is 4.79 Å². The smallest absolute Gasteiger partial charge is 0.189 e. The largest absolute Gasteiger partial charge is 0.289 e. The van der Waals surface area contributed by atoms with Crippen molar-refractivity contribution in [2.75, 3.05) is 0 Å². The molecule has 0 fully saturated rings. The summed E-state index contributed by atoms with van der Waals surface area (Å²) in [6.45, 7) is 0. The number of rotatable bonds is 2. The minimum absolute atomic E-state index is 0.222. The van der Waals surface area contributed by atoms with Crippen LogP contribution in [0.2, 0.25) is 0 Å². The Morgan fingerprint density at radius 2 is 2.00 bits per heavy atom. The summed E-state index contributed by atoms with van der Waals surface area (Å²) >= 11 is 2.26. The number of carbonyl (C=O) groups excluding carboxylic acids is 1. The summed E-state index contributed by atoms with van der Waals surface area (Å²) in [5, 5.41) is 0. The highest BCUT2D eigenvalue weighted by atomic mass is 127. The predicted octanol–water partition coefficient (Wildman–Crippen LogP) is 3.87. The van der Waals surface area contributed by atoms with Gasteiger partial charge in [-0.25, -0.2) is 0 Å². The van der Waals surface area contributed by atoms with E-state index in [-0.39, 0.29) is 5.78 Å². The number of Topliss-reactive ketones (excluding diaryl/α,β-unsaturated/α-hetero) is 1. The average molecular weight is 312 g/mol. The molecule has 2 heteroatoms. The molecule has 2 rings (SSSR count). The van der Waals surface area contributed by atoms with Crippen molar-refractivity contribution in [3.8, 4) is 0 Å². The van der Waals surface area contributed by atoms with Gasteiger partial charge in [0.2, 0.25) is 0 Å². The Kier molecular flexibility index (Phi) is 3.57. The zero-order valence-electron chi connectivity index (χ0n) is 8.50. The molecular weight excluding hydrogens is 299 g/mol. The van der Waals surface area contributed by atoms with E-state index in [1.807, 2.05) is 12.2 Å². The van der Waals surface area contributed by atoms with Gasteiger partial charge in [0.05, 0.1) is 0 Å². The monoisotopic (exact) mass is 312 g/mol. The third-order valence-corrected chi connectivity index (χ3v) is 3.67. The minimum atomic E-state index is 0.222. The van der Waals surface area contributed by atoms with Crippen LogP contribution in [0.4, 0.5) is 0 Å². The fourth-order valence-electron chi connectivity index (χ4n) is 1.81. The first-order chi connectivity index (χ1) is 7.29. The van der Waals surface area contributed by atoms with Crippen LogP contribution in [0.1, 0.15) is 25.7 Å². The van der Waals surface area contributed by atoms with E-state index in [0.717, 1.165) is 40.4 Å². The van der Waals surface area contributed by atoms with Crippen molar-refractivity contribution < 1.29 is 4.79 Å². The maximum atomic E-state index is 12.1. The second-order valence-corrected chi connectivity index (χ2v) is 4.90. The Hall–Kier alpha value is -0.640. The van der Waals surface area contributed by atoms with Crippen LogP contribution in [0.25, 0.3) is 0 Å². The predicted molar refractivity (Wildman–Crippen MR) is 70.9 cm³/mol. The maximum absolute atomic E-state index is 12.1. The topological polar surface area (TPSA) is 17.1 Å². The molecule has 0 N–H and O–H groups in total. The van der Waals surface area contributed by atoms with E-state index >= 15 is 0 Å². The average Bonchev–Trinajstić information content (AvgIpc) is 2.30. The van der Waals surface area contributed by atoms with Gasteiger partial charge < -0.3 is 0 Å². The molecule has 0 spiro atoms.